The van der Waals surface area contributed by atoms with Crippen LogP contribution in [0.1, 0.15) is 57.3 Å². The lowest BCUT2D eigenvalue weighted by Crippen LogP contribution is -2.39. The van der Waals surface area contributed by atoms with E-state index in [1.807, 2.05) is 49.9 Å². The largest absolute Gasteiger partial charge is 0.341 e. The lowest BCUT2D eigenvalue weighted by Gasteiger charge is -2.23. The number of carbonyl (C=O) groups excluding carboxylic acids is 2. The van der Waals surface area contributed by atoms with E-state index in [4.69, 9.17) is 16.9 Å². The Bertz CT molecular complexity index is 1130. The quantitative estimate of drug-likeness (QED) is 0.537. The van der Waals surface area contributed by atoms with Crippen molar-refractivity contribution in [1.29, 1.82) is 5.26 Å². The van der Waals surface area contributed by atoms with Crippen molar-refractivity contribution in [2.75, 3.05) is 13.1 Å². The van der Waals surface area contributed by atoms with Gasteiger partial charge in [-0.15, -0.1) is 11.8 Å². The number of carbonyl (C=O) groups is 2. The van der Waals surface area contributed by atoms with Crippen LogP contribution >= 0.6 is 23.4 Å². The molecule has 2 aromatic rings. The maximum absolute atomic E-state index is 14.3. The molecule has 1 atom stereocenters. The van der Waals surface area contributed by atoms with Crippen LogP contribution in [-0.4, -0.2) is 51.1 Å². The van der Waals surface area contributed by atoms with Gasteiger partial charge < -0.3 is 10.2 Å². The summed E-state index contributed by atoms with van der Waals surface area (Å²) in [5.74, 6) is -0.496. The minimum Gasteiger partial charge on any atom is -0.341 e. The average Bonchev–Trinajstić information content (AvgIpc) is 3.79. The Hall–Kier alpha value is -2.70. The van der Waals surface area contributed by atoms with Crippen LogP contribution in [0.2, 0.25) is 5.02 Å². The zero-order valence-corrected chi connectivity index (χ0v) is 22.3. The number of aromatic nitrogens is 2. The molecule has 1 N–H and O–H groups in total. The van der Waals surface area contributed by atoms with Gasteiger partial charge in [0.2, 0.25) is 12.3 Å². The Morgan fingerprint density at radius 1 is 1.33 bits per heavy atom. The molecule has 0 radical (unpaired) electrons. The molecule has 1 saturated heterocycles. The van der Waals surface area contributed by atoms with Crippen molar-refractivity contribution in [2.24, 2.45) is 0 Å². The summed E-state index contributed by atoms with van der Waals surface area (Å²) in [7, 11) is 0. The van der Waals surface area contributed by atoms with Gasteiger partial charge in [-0.1, -0.05) is 31.5 Å². The maximum atomic E-state index is 14.3. The predicted octanol–water partition coefficient (Wildman–Crippen LogP) is 4.82. The zero-order chi connectivity index (χ0) is 26.3. The van der Waals surface area contributed by atoms with Crippen molar-refractivity contribution in [3.63, 3.8) is 0 Å². The van der Waals surface area contributed by atoms with E-state index in [1.165, 1.54) is 12.3 Å². The molecular weight excluding hydrogens is 501 g/mol. The molecule has 2 aromatic heterocycles. The minimum atomic E-state index is -0.796. The Kier molecular flexibility index (Phi) is 9.31. The molecule has 3 fully saturated rings. The smallest absolute Gasteiger partial charge is 0.234 e. The van der Waals surface area contributed by atoms with Gasteiger partial charge in [-0.25, -0.2) is 9.37 Å². The molecule has 0 aromatic carbocycles. The molecule has 0 spiro atoms. The second kappa shape index (κ2) is 12.0. The molecule has 3 aliphatic rings. The Morgan fingerprint density at radius 3 is 2.58 bits per heavy atom. The highest BCUT2D eigenvalue weighted by atomic mass is 35.5. The number of aryl methyl sites for hydroxylation is 1. The first-order valence-corrected chi connectivity index (χ1v) is 13.4. The van der Waals surface area contributed by atoms with Crippen LogP contribution in [0, 0.1) is 24.1 Å². The number of amides is 2. The summed E-state index contributed by atoms with van der Waals surface area (Å²) in [5.41, 5.74) is -0.0390. The normalized spacial score (nSPS) is 20.0. The van der Waals surface area contributed by atoms with Crippen LogP contribution in [0.5, 0.6) is 0 Å². The molecule has 192 valence electrons. The fourth-order valence-corrected chi connectivity index (χ4v) is 5.35. The summed E-state index contributed by atoms with van der Waals surface area (Å²) in [6.07, 6.45) is 5.81. The van der Waals surface area contributed by atoms with Crippen LogP contribution < -0.4 is 5.32 Å². The van der Waals surface area contributed by atoms with E-state index < -0.39 is 16.8 Å². The molecule has 5 rings (SSSR count). The highest BCUT2D eigenvalue weighted by molar-refractivity contribution is 7.99. The SMILES string of the molecule is CC.Cc1cccc(SC2CCN(C(=O)C3(c4ncc(Cl)cc4F)CC3)C2)n1.N#CC1(NC=O)CC1. The van der Waals surface area contributed by atoms with E-state index in [1.54, 1.807) is 11.8 Å². The van der Waals surface area contributed by atoms with Gasteiger partial charge in [0, 0.05) is 30.2 Å². The van der Waals surface area contributed by atoms with Gasteiger partial charge in [0.05, 0.1) is 27.2 Å². The molecule has 0 bridgehead atoms. The molecule has 2 aliphatic carbocycles. The number of thioether (sulfide) groups is 1. The second-order valence-corrected chi connectivity index (χ2v) is 10.7. The summed E-state index contributed by atoms with van der Waals surface area (Å²) < 4.78 is 14.3. The Labute approximate surface area is 220 Å². The van der Waals surface area contributed by atoms with E-state index in [2.05, 4.69) is 15.3 Å². The molecule has 2 amide bonds. The number of hydrogen-bond donors (Lipinski definition) is 1. The van der Waals surface area contributed by atoms with Crippen LogP contribution in [0.4, 0.5) is 4.39 Å². The van der Waals surface area contributed by atoms with Crippen molar-refractivity contribution >= 4 is 35.7 Å². The van der Waals surface area contributed by atoms with E-state index in [0.29, 0.717) is 37.6 Å². The van der Waals surface area contributed by atoms with Crippen molar-refractivity contribution in [3.05, 3.63) is 52.7 Å². The molecule has 2 saturated carbocycles. The Morgan fingerprint density at radius 2 is 2.06 bits per heavy atom. The third-order valence-electron chi connectivity index (χ3n) is 6.30. The molecule has 3 heterocycles. The van der Waals surface area contributed by atoms with Crippen molar-refractivity contribution in [1.82, 2.24) is 20.2 Å². The third-order valence-corrected chi connectivity index (χ3v) is 7.70. The lowest BCUT2D eigenvalue weighted by atomic mass is 9.99. The number of nitrogens with one attached hydrogen (secondary N) is 1. The average molecular weight is 532 g/mol. The topological polar surface area (TPSA) is 99.0 Å². The van der Waals surface area contributed by atoms with Gasteiger partial charge in [0.25, 0.3) is 0 Å². The van der Waals surface area contributed by atoms with E-state index >= 15 is 0 Å². The van der Waals surface area contributed by atoms with Crippen LogP contribution in [-0.2, 0) is 15.0 Å². The summed E-state index contributed by atoms with van der Waals surface area (Å²) >= 11 is 7.50. The Balaban J connectivity index is 0.000000305. The number of likely N-dealkylation sites (tertiary alicyclic amines) is 1. The molecule has 1 aliphatic heterocycles. The standard InChI is InChI=1S/C19H19ClFN3OS.C5H6N2O.C2H6/c1-12-3-2-4-16(23-12)26-14-5-8-24(11-14)18(25)19(6-7-19)17-15(21)9-13(20)10-22-17;6-3-5(1-2-5)7-4-8;1-2/h2-4,9-10,14H,5-8,11H2,1H3;4H,1-2H2,(H,7,8);1-2H3. The number of nitriles is 1. The van der Waals surface area contributed by atoms with E-state index in [9.17, 15) is 14.0 Å². The number of nitrogens with zero attached hydrogens (tertiary/aromatic N) is 4. The fourth-order valence-electron chi connectivity index (χ4n) is 4.04. The highest BCUT2D eigenvalue weighted by Crippen LogP contribution is 2.50. The van der Waals surface area contributed by atoms with Gasteiger partial charge in [0.1, 0.15) is 11.4 Å². The summed E-state index contributed by atoms with van der Waals surface area (Å²) in [6.45, 7) is 7.33. The first-order valence-electron chi connectivity index (χ1n) is 12.1. The minimum absolute atomic E-state index is 0.00785. The molecular formula is C26H31ClFN5O2S. The lowest BCUT2D eigenvalue weighted by molar-refractivity contribution is -0.133. The monoisotopic (exact) mass is 531 g/mol. The summed E-state index contributed by atoms with van der Waals surface area (Å²) in [6, 6.07) is 9.22. The van der Waals surface area contributed by atoms with Gasteiger partial charge in [-0.3, -0.25) is 14.6 Å². The van der Waals surface area contributed by atoms with Crippen LogP contribution in [0.15, 0.2) is 35.5 Å². The number of halogens is 2. The summed E-state index contributed by atoms with van der Waals surface area (Å²) in [5, 5.41) is 12.3. The second-order valence-electron chi connectivity index (χ2n) is 8.92. The van der Waals surface area contributed by atoms with E-state index in [0.717, 1.165) is 30.0 Å². The number of pyridine rings is 2. The van der Waals surface area contributed by atoms with Crippen LogP contribution in [0.3, 0.4) is 0 Å². The predicted molar refractivity (Wildman–Crippen MR) is 138 cm³/mol. The number of rotatable bonds is 6. The zero-order valence-electron chi connectivity index (χ0n) is 20.8. The van der Waals surface area contributed by atoms with Crippen molar-refractivity contribution in [2.45, 2.75) is 74.1 Å². The third kappa shape index (κ3) is 6.54. The van der Waals surface area contributed by atoms with E-state index in [-0.39, 0.29) is 16.6 Å². The van der Waals surface area contributed by atoms with Crippen molar-refractivity contribution < 1.29 is 14.0 Å². The van der Waals surface area contributed by atoms with Crippen molar-refractivity contribution in [3.8, 4) is 6.07 Å². The first-order chi connectivity index (χ1) is 17.3. The van der Waals surface area contributed by atoms with Gasteiger partial charge in [-0.2, -0.15) is 5.26 Å². The number of hydrogen-bond acceptors (Lipinski definition) is 6. The summed E-state index contributed by atoms with van der Waals surface area (Å²) in [4.78, 5) is 33.3. The van der Waals surface area contributed by atoms with Gasteiger partial charge in [-0.05, 0) is 57.2 Å². The van der Waals surface area contributed by atoms with Gasteiger partial charge in [0.15, 0.2) is 0 Å². The molecule has 1 unspecified atom stereocenters. The first kappa shape index (κ1) is 27.9. The molecule has 7 nitrogen and oxygen atoms in total. The fraction of sp³-hybridized carbons (Fsp3) is 0.500. The highest BCUT2D eigenvalue weighted by Gasteiger charge is 2.56. The van der Waals surface area contributed by atoms with Gasteiger partial charge >= 0.3 is 0 Å². The molecule has 10 heteroatoms. The maximum Gasteiger partial charge on any atom is 0.234 e. The van der Waals surface area contributed by atoms with Crippen LogP contribution in [0.25, 0.3) is 0 Å². The molecule has 36 heavy (non-hydrogen) atoms.